The first-order chi connectivity index (χ1) is 8.33. The maximum Gasteiger partial charge on any atom is 0.0586 e. The quantitative estimate of drug-likeness (QED) is 0.772. The summed E-state index contributed by atoms with van der Waals surface area (Å²) in [5.41, 5.74) is 5.17. The zero-order chi connectivity index (χ0) is 11.7. The first kappa shape index (κ1) is 10.4. The Balaban J connectivity index is 1.88. The zero-order valence-electron chi connectivity index (χ0n) is 9.90. The van der Waals surface area contributed by atoms with Crippen LogP contribution in [0.3, 0.4) is 0 Å². The van der Waals surface area contributed by atoms with Gasteiger partial charge in [-0.2, -0.15) is 0 Å². The fourth-order valence-electron chi connectivity index (χ4n) is 2.27. The molecule has 1 aliphatic heterocycles. The monoisotopic (exact) mass is 221 g/mol. The maximum atomic E-state index is 3.53. The van der Waals surface area contributed by atoms with Crippen LogP contribution in [0.4, 0.5) is 5.69 Å². The number of aryl methyl sites for hydroxylation is 1. The van der Waals surface area contributed by atoms with Gasteiger partial charge in [0.15, 0.2) is 0 Å². The third kappa shape index (κ3) is 2.05. The number of hydrogen-bond acceptors (Lipinski definition) is 1. The van der Waals surface area contributed by atoms with Crippen LogP contribution in [0.1, 0.15) is 22.7 Å². The third-order valence-electron chi connectivity index (χ3n) is 3.19. The molecule has 1 N–H and O–H groups in total. The molecule has 1 atom stereocenters. The van der Waals surface area contributed by atoms with E-state index in [-0.39, 0.29) is 6.04 Å². The molecule has 3 rings (SSSR count). The molecule has 0 bridgehead atoms. The molecular formula is C16H15N. The van der Waals surface area contributed by atoms with E-state index in [1.165, 1.54) is 22.4 Å². The summed E-state index contributed by atoms with van der Waals surface area (Å²) in [6.07, 6.45) is 4.43. The number of nitrogens with one attached hydrogen (secondary N) is 1. The summed E-state index contributed by atoms with van der Waals surface area (Å²) in [7, 11) is 0. The van der Waals surface area contributed by atoms with E-state index in [0.29, 0.717) is 0 Å². The van der Waals surface area contributed by atoms with Gasteiger partial charge in [0, 0.05) is 12.1 Å². The van der Waals surface area contributed by atoms with Crippen molar-refractivity contribution in [1.29, 1.82) is 0 Å². The molecule has 1 unspecified atom stereocenters. The van der Waals surface area contributed by atoms with E-state index in [1.54, 1.807) is 0 Å². The summed E-state index contributed by atoms with van der Waals surface area (Å²) in [6.45, 7) is 2.13. The van der Waals surface area contributed by atoms with E-state index in [9.17, 15) is 0 Å². The molecule has 1 aliphatic rings. The Morgan fingerprint density at radius 2 is 1.94 bits per heavy atom. The number of anilines is 1. The zero-order valence-corrected chi connectivity index (χ0v) is 9.90. The molecule has 17 heavy (non-hydrogen) atoms. The summed E-state index contributed by atoms with van der Waals surface area (Å²) in [4.78, 5) is 0. The van der Waals surface area contributed by atoms with Gasteiger partial charge in [-0.3, -0.25) is 0 Å². The largest absolute Gasteiger partial charge is 0.377 e. The second-order valence-electron chi connectivity index (χ2n) is 4.53. The molecule has 0 aromatic heterocycles. The van der Waals surface area contributed by atoms with Crippen LogP contribution in [-0.2, 0) is 6.42 Å². The molecule has 0 fully saturated rings. The van der Waals surface area contributed by atoms with E-state index < -0.39 is 0 Å². The van der Waals surface area contributed by atoms with Gasteiger partial charge in [-0.1, -0.05) is 48.0 Å². The highest BCUT2D eigenvalue weighted by atomic mass is 14.9. The van der Waals surface area contributed by atoms with Gasteiger partial charge in [0.25, 0.3) is 0 Å². The summed E-state index contributed by atoms with van der Waals surface area (Å²) in [5, 5.41) is 3.53. The average Bonchev–Trinajstić information content (AvgIpc) is 2.39. The molecule has 0 amide bonds. The molecular weight excluding hydrogens is 206 g/mol. The molecule has 2 aromatic carbocycles. The van der Waals surface area contributed by atoms with Crippen LogP contribution in [0.2, 0.25) is 0 Å². The number of rotatable bonds is 1. The lowest BCUT2D eigenvalue weighted by molar-refractivity contribution is 0.825. The molecule has 1 heteroatoms. The Labute approximate surface area is 102 Å². The predicted molar refractivity (Wildman–Crippen MR) is 70.9 cm³/mol. The molecule has 1 heterocycles. The van der Waals surface area contributed by atoms with E-state index in [0.717, 1.165) is 6.42 Å². The lowest BCUT2D eigenvalue weighted by Gasteiger charge is -2.27. The lowest BCUT2D eigenvalue weighted by atomic mass is 9.93. The van der Waals surface area contributed by atoms with Crippen molar-refractivity contribution < 1.29 is 0 Å². The van der Waals surface area contributed by atoms with Gasteiger partial charge in [0.2, 0.25) is 0 Å². The first-order valence-electron chi connectivity index (χ1n) is 5.97. The van der Waals surface area contributed by atoms with Crippen molar-refractivity contribution >= 4 is 5.69 Å². The summed E-state index contributed by atoms with van der Waals surface area (Å²) < 4.78 is 0. The normalized spacial score (nSPS) is 18.3. The van der Waals surface area contributed by atoms with Crippen molar-refractivity contribution in [3.8, 4) is 0 Å². The van der Waals surface area contributed by atoms with Crippen LogP contribution in [0.15, 0.2) is 48.5 Å². The van der Waals surface area contributed by atoms with Crippen molar-refractivity contribution in [2.24, 2.45) is 0 Å². The van der Waals surface area contributed by atoms with Crippen LogP contribution in [0.5, 0.6) is 0 Å². The van der Waals surface area contributed by atoms with Gasteiger partial charge in [0.05, 0.1) is 6.04 Å². The number of hydrogen-bond donors (Lipinski definition) is 1. The Hall–Kier alpha value is -1.76. The van der Waals surface area contributed by atoms with Crippen molar-refractivity contribution in [1.82, 2.24) is 0 Å². The van der Waals surface area contributed by atoms with E-state index in [1.807, 2.05) is 6.07 Å². The minimum Gasteiger partial charge on any atom is -0.377 e. The molecule has 0 saturated carbocycles. The Kier molecular flexibility index (Phi) is 2.60. The minimum absolute atomic E-state index is 0.214. The van der Waals surface area contributed by atoms with Crippen molar-refractivity contribution in [3.05, 3.63) is 71.6 Å². The Morgan fingerprint density at radius 3 is 2.76 bits per heavy atom. The Bertz CT molecular complexity index is 516. The fraction of sp³-hybridized carbons (Fsp3) is 0.188. The fourth-order valence-corrected chi connectivity index (χ4v) is 2.27. The molecule has 2 radical (unpaired) electrons. The maximum absolute atomic E-state index is 3.53. The topological polar surface area (TPSA) is 12.0 Å². The number of benzene rings is 2. The van der Waals surface area contributed by atoms with Crippen LogP contribution in [0, 0.1) is 13.3 Å². The van der Waals surface area contributed by atoms with Gasteiger partial charge in [-0.25, -0.2) is 0 Å². The summed E-state index contributed by atoms with van der Waals surface area (Å²) in [5.74, 6) is 0. The van der Waals surface area contributed by atoms with Crippen LogP contribution in [-0.4, -0.2) is 0 Å². The second kappa shape index (κ2) is 4.25. The summed E-state index contributed by atoms with van der Waals surface area (Å²) in [6, 6.07) is 17.2. The predicted octanol–water partition coefficient (Wildman–Crippen LogP) is 3.79. The van der Waals surface area contributed by atoms with Crippen molar-refractivity contribution in [2.45, 2.75) is 19.4 Å². The first-order valence-corrected chi connectivity index (χ1v) is 5.97. The van der Waals surface area contributed by atoms with Crippen molar-refractivity contribution in [3.63, 3.8) is 0 Å². The molecule has 0 aliphatic carbocycles. The molecule has 0 saturated heterocycles. The van der Waals surface area contributed by atoms with E-state index >= 15 is 0 Å². The molecule has 84 valence electrons. The number of fused-ring (bicyclic) bond motifs is 1. The highest BCUT2D eigenvalue weighted by molar-refractivity contribution is 5.57. The van der Waals surface area contributed by atoms with Crippen molar-refractivity contribution in [2.75, 3.05) is 5.32 Å². The summed E-state index contributed by atoms with van der Waals surface area (Å²) >= 11 is 0. The highest BCUT2D eigenvalue weighted by Crippen LogP contribution is 2.32. The minimum atomic E-state index is 0.214. The third-order valence-corrected chi connectivity index (χ3v) is 3.19. The van der Waals surface area contributed by atoms with Crippen LogP contribution < -0.4 is 5.32 Å². The van der Waals surface area contributed by atoms with Gasteiger partial charge >= 0.3 is 0 Å². The van der Waals surface area contributed by atoms with Crippen LogP contribution >= 0.6 is 0 Å². The second-order valence-corrected chi connectivity index (χ2v) is 4.53. The standard InChI is InChI=1S/C16H15N/c1-12-7-9-16-14(11-12)8-10-15(17-16)13-5-3-2-4-6-13/h2-7,9,11,15,17H,8H2,1H3. The molecule has 0 spiro atoms. The lowest BCUT2D eigenvalue weighted by Crippen LogP contribution is -2.18. The Morgan fingerprint density at radius 1 is 1.12 bits per heavy atom. The molecule has 2 aromatic rings. The van der Waals surface area contributed by atoms with Gasteiger partial charge in [-0.05, 0) is 30.5 Å². The average molecular weight is 221 g/mol. The van der Waals surface area contributed by atoms with Gasteiger partial charge < -0.3 is 5.32 Å². The van der Waals surface area contributed by atoms with E-state index in [2.05, 4.69) is 61.1 Å². The van der Waals surface area contributed by atoms with Gasteiger partial charge in [0.1, 0.15) is 0 Å². The van der Waals surface area contributed by atoms with Crippen LogP contribution in [0.25, 0.3) is 0 Å². The SMILES string of the molecule is Cc1ccc2c(c1)C[C]C(c1ccccc1)N2. The molecule has 1 nitrogen and oxygen atoms in total. The highest BCUT2D eigenvalue weighted by Gasteiger charge is 2.19. The van der Waals surface area contributed by atoms with Gasteiger partial charge in [-0.15, -0.1) is 0 Å². The van der Waals surface area contributed by atoms with E-state index in [4.69, 9.17) is 0 Å². The smallest absolute Gasteiger partial charge is 0.0586 e.